The third-order valence-electron chi connectivity index (χ3n) is 1.96. The van der Waals surface area contributed by atoms with Crippen LogP contribution in [0.5, 0.6) is 0 Å². The van der Waals surface area contributed by atoms with Gasteiger partial charge in [-0.3, -0.25) is 5.41 Å². The van der Waals surface area contributed by atoms with Crippen LogP contribution in [0.15, 0.2) is 35.3 Å². The van der Waals surface area contributed by atoms with Crippen LogP contribution in [0.25, 0.3) is 0 Å². The number of halogens is 3. The molecule has 0 aliphatic heterocycles. The zero-order valence-corrected chi connectivity index (χ0v) is 10.0. The number of aryl methyl sites for hydroxylation is 1. The molecule has 0 spiro atoms. The Morgan fingerprint density at radius 1 is 1.38 bits per heavy atom. The van der Waals surface area contributed by atoms with Gasteiger partial charge in [-0.2, -0.15) is 0 Å². The first-order valence-electron chi connectivity index (χ1n) is 4.71. The van der Waals surface area contributed by atoms with Crippen LogP contribution in [0.1, 0.15) is 12.0 Å². The van der Waals surface area contributed by atoms with Crippen LogP contribution in [0.3, 0.4) is 0 Å². The number of nitrogens with zero attached hydrogens (tertiary/aromatic N) is 1. The Balaban J connectivity index is 2.51. The lowest BCUT2D eigenvalue weighted by molar-refractivity contribution is 0.0743. The molecule has 16 heavy (non-hydrogen) atoms. The summed E-state index contributed by atoms with van der Waals surface area (Å²) in [6.07, 6.45) is 0.489. The van der Waals surface area contributed by atoms with Gasteiger partial charge in [-0.15, -0.1) is 0 Å². The van der Waals surface area contributed by atoms with Gasteiger partial charge in [-0.1, -0.05) is 30.3 Å². The molecule has 0 aliphatic rings. The van der Waals surface area contributed by atoms with E-state index < -0.39 is 5.92 Å². The number of hydrogen-bond acceptors (Lipinski definition) is 1. The molecule has 0 heterocycles. The molecular weight excluding hydrogens is 278 g/mol. The highest BCUT2D eigenvalue weighted by molar-refractivity contribution is 9.18. The van der Waals surface area contributed by atoms with Crippen molar-refractivity contribution in [2.45, 2.75) is 18.8 Å². The summed E-state index contributed by atoms with van der Waals surface area (Å²) in [5.74, 6) is -2.98. The van der Waals surface area contributed by atoms with Crippen LogP contribution >= 0.6 is 15.9 Å². The minimum absolute atomic E-state index is 0.287. The molecule has 0 fully saturated rings. The molecule has 0 aliphatic carbocycles. The molecule has 1 N–H and O–H groups in total. The zero-order chi connectivity index (χ0) is 12.0. The molecule has 0 unspecified atom stereocenters. The van der Waals surface area contributed by atoms with Crippen LogP contribution in [-0.4, -0.2) is 16.9 Å². The van der Waals surface area contributed by atoms with Crippen molar-refractivity contribution in [2.24, 2.45) is 4.99 Å². The summed E-state index contributed by atoms with van der Waals surface area (Å²) >= 11 is 2.68. The monoisotopic (exact) mass is 288 g/mol. The number of alkyl halides is 2. The van der Waals surface area contributed by atoms with Gasteiger partial charge in [0.2, 0.25) is 0 Å². The first-order chi connectivity index (χ1) is 7.49. The summed E-state index contributed by atoms with van der Waals surface area (Å²) in [5.41, 5.74) is 0.865. The molecule has 86 valence electrons. The standard InChI is InChI=1S/C11H11BrF2N2/c12-10(15)16-8-11(13,14)7-6-9-4-2-1-3-5-9/h1-5,8,15H,6-7H2/b15-10?,16-8+. The number of hydrogen-bond donors (Lipinski definition) is 1. The quantitative estimate of drug-likeness (QED) is 0.499. The Morgan fingerprint density at radius 2 is 2.00 bits per heavy atom. The minimum atomic E-state index is -2.98. The lowest BCUT2D eigenvalue weighted by Crippen LogP contribution is -2.19. The Labute approximate surface area is 101 Å². The fraction of sp³-hybridized carbons (Fsp3) is 0.273. The predicted octanol–water partition coefficient (Wildman–Crippen LogP) is 3.65. The summed E-state index contributed by atoms with van der Waals surface area (Å²) in [6.45, 7) is 0. The maximum absolute atomic E-state index is 13.2. The third-order valence-corrected chi connectivity index (χ3v) is 2.16. The van der Waals surface area contributed by atoms with Crippen molar-refractivity contribution in [1.82, 2.24) is 0 Å². The van der Waals surface area contributed by atoms with Crippen molar-refractivity contribution < 1.29 is 8.78 Å². The van der Waals surface area contributed by atoms with Crippen LogP contribution in [0, 0.1) is 5.41 Å². The van der Waals surface area contributed by atoms with Crippen LogP contribution in [0.2, 0.25) is 0 Å². The van der Waals surface area contributed by atoms with Gasteiger partial charge in [0.25, 0.3) is 5.92 Å². The molecule has 0 amide bonds. The largest absolute Gasteiger partial charge is 0.283 e. The van der Waals surface area contributed by atoms with Crippen molar-refractivity contribution in [1.29, 1.82) is 5.41 Å². The first kappa shape index (κ1) is 13.0. The molecule has 0 atom stereocenters. The van der Waals surface area contributed by atoms with Gasteiger partial charge < -0.3 is 0 Å². The van der Waals surface area contributed by atoms with Crippen molar-refractivity contribution >= 4 is 26.9 Å². The Hall–Kier alpha value is -1.10. The highest BCUT2D eigenvalue weighted by atomic mass is 79.9. The van der Waals surface area contributed by atoms with Crippen LogP contribution in [-0.2, 0) is 6.42 Å². The lowest BCUT2D eigenvalue weighted by atomic mass is 10.1. The van der Waals surface area contributed by atoms with Gasteiger partial charge in [0, 0.05) is 6.42 Å². The topological polar surface area (TPSA) is 36.2 Å². The fourth-order valence-corrected chi connectivity index (χ4v) is 1.27. The van der Waals surface area contributed by atoms with Crippen LogP contribution in [0.4, 0.5) is 8.78 Å². The van der Waals surface area contributed by atoms with Crippen molar-refractivity contribution in [2.75, 3.05) is 0 Å². The van der Waals surface area contributed by atoms with E-state index in [2.05, 4.69) is 20.9 Å². The first-order valence-corrected chi connectivity index (χ1v) is 5.50. The molecular formula is C11H11BrF2N2. The van der Waals surface area contributed by atoms with Gasteiger partial charge in [-0.05, 0) is 27.9 Å². The third kappa shape index (κ3) is 5.11. The number of nitrogens with one attached hydrogen (secondary N) is 1. The molecule has 2 nitrogen and oxygen atoms in total. The fourth-order valence-electron chi connectivity index (χ4n) is 1.17. The van der Waals surface area contributed by atoms with E-state index in [4.69, 9.17) is 5.41 Å². The lowest BCUT2D eigenvalue weighted by Gasteiger charge is -2.10. The summed E-state index contributed by atoms with van der Waals surface area (Å²) in [6, 6.07) is 9.08. The van der Waals surface area contributed by atoms with E-state index in [0.717, 1.165) is 5.56 Å². The second-order valence-electron chi connectivity index (χ2n) is 3.30. The summed E-state index contributed by atoms with van der Waals surface area (Å²) < 4.78 is 26.1. The molecule has 5 heteroatoms. The zero-order valence-electron chi connectivity index (χ0n) is 8.46. The van der Waals surface area contributed by atoms with E-state index >= 15 is 0 Å². The van der Waals surface area contributed by atoms with E-state index in [1.165, 1.54) is 0 Å². The van der Waals surface area contributed by atoms with Crippen molar-refractivity contribution in [3.05, 3.63) is 35.9 Å². The molecule has 1 rings (SSSR count). The maximum atomic E-state index is 13.2. The second-order valence-corrected chi connectivity index (χ2v) is 4.05. The Bertz CT molecular complexity index is 377. The normalized spacial score (nSPS) is 11.9. The highest BCUT2D eigenvalue weighted by Gasteiger charge is 2.25. The molecule has 1 aromatic carbocycles. The molecule has 0 radical (unpaired) electrons. The molecule has 0 bridgehead atoms. The Morgan fingerprint density at radius 3 is 2.56 bits per heavy atom. The van der Waals surface area contributed by atoms with Gasteiger partial charge in [0.15, 0.2) is 4.74 Å². The minimum Gasteiger partial charge on any atom is -0.277 e. The molecule has 0 aromatic heterocycles. The molecule has 0 saturated carbocycles. The second kappa shape index (κ2) is 5.84. The number of aliphatic imine (C=N–C) groups is 1. The van der Waals surface area contributed by atoms with Gasteiger partial charge in [0.05, 0.1) is 6.21 Å². The summed E-state index contributed by atoms with van der Waals surface area (Å²) in [4.78, 5) is 3.23. The van der Waals surface area contributed by atoms with E-state index in [9.17, 15) is 8.78 Å². The average molecular weight is 289 g/mol. The van der Waals surface area contributed by atoms with E-state index in [0.29, 0.717) is 6.21 Å². The molecule has 0 saturated heterocycles. The van der Waals surface area contributed by atoms with Crippen molar-refractivity contribution in [3.63, 3.8) is 0 Å². The van der Waals surface area contributed by atoms with Crippen LogP contribution < -0.4 is 0 Å². The number of benzene rings is 1. The highest BCUT2D eigenvalue weighted by Crippen LogP contribution is 2.19. The number of amidine groups is 1. The number of rotatable bonds is 4. The van der Waals surface area contributed by atoms with E-state index in [1.807, 2.05) is 18.2 Å². The van der Waals surface area contributed by atoms with Gasteiger partial charge in [0.1, 0.15) is 0 Å². The summed E-state index contributed by atoms with van der Waals surface area (Å²) in [5, 5.41) is 6.86. The smallest absolute Gasteiger partial charge is 0.277 e. The van der Waals surface area contributed by atoms with E-state index in [1.54, 1.807) is 12.1 Å². The molecule has 1 aromatic rings. The maximum Gasteiger partial charge on any atom is 0.283 e. The van der Waals surface area contributed by atoms with Gasteiger partial charge >= 0.3 is 0 Å². The van der Waals surface area contributed by atoms with Crippen molar-refractivity contribution in [3.8, 4) is 0 Å². The SMILES string of the molecule is N=C(Br)/N=C/C(F)(F)CCc1ccccc1. The predicted molar refractivity (Wildman–Crippen MR) is 64.9 cm³/mol. The Kier molecular flexibility index (Phi) is 4.73. The van der Waals surface area contributed by atoms with Gasteiger partial charge in [-0.25, -0.2) is 13.8 Å². The average Bonchev–Trinajstić information content (AvgIpc) is 2.26. The summed E-state index contributed by atoms with van der Waals surface area (Å²) in [7, 11) is 0. The van der Waals surface area contributed by atoms with E-state index in [-0.39, 0.29) is 17.6 Å².